The fraction of sp³-hybridized carbons (Fsp3) is 0.429. The number of halogens is 1. The predicted octanol–water partition coefficient (Wildman–Crippen LogP) is 6.91. The molecule has 3 aromatic carbocycles. The summed E-state index contributed by atoms with van der Waals surface area (Å²) < 4.78 is 35.4. The molecule has 1 aliphatic rings. The third-order valence-corrected chi connectivity index (χ3v) is 12.4. The van der Waals surface area contributed by atoms with Crippen molar-refractivity contribution in [3.8, 4) is 16.9 Å². The smallest absolute Gasteiger partial charge is 0.499 e. The summed E-state index contributed by atoms with van der Waals surface area (Å²) in [5.74, 6) is 0.309. The topological polar surface area (TPSA) is 53.7 Å². The number of hydrogen-bond acceptors (Lipinski definition) is 4. The molecule has 1 fully saturated rings. The van der Waals surface area contributed by atoms with Crippen LogP contribution in [0.5, 0.6) is 5.75 Å². The normalized spacial score (nSPS) is 17.7. The molecule has 4 nitrogen and oxygen atoms in total. The second kappa shape index (κ2) is 8.36. The molecule has 0 radical (unpaired) electrons. The average molecular weight is 494 g/mol. The molecule has 1 aliphatic heterocycles. The molecule has 3 aromatic rings. The van der Waals surface area contributed by atoms with Crippen LogP contribution in [0.1, 0.15) is 48.5 Å². The van der Waals surface area contributed by atoms with Gasteiger partial charge >= 0.3 is 7.12 Å². The van der Waals surface area contributed by atoms with Crippen molar-refractivity contribution in [2.24, 2.45) is 0 Å². The molecule has 0 bridgehead atoms. The van der Waals surface area contributed by atoms with E-state index in [9.17, 15) is 0 Å². The SMILES string of the molecule is CC1(C)OB(c2c(-c3ccccc3F)c(N)c3ccccc3c2O[Si](C)(C)C(C)(C)C)OC1(C)C. The summed E-state index contributed by atoms with van der Waals surface area (Å²) in [6.45, 7) is 19.0. The summed E-state index contributed by atoms with van der Waals surface area (Å²) in [7, 11) is -3.09. The summed E-state index contributed by atoms with van der Waals surface area (Å²) in [5.41, 5.74) is 7.75. The van der Waals surface area contributed by atoms with Gasteiger partial charge in [0.1, 0.15) is 11.6 Å². The van der Waals surface area contributed by atoms with E-state index in [1.807, 2.05) is 58.0 Å². The van der Waals surface area contributed by atoms with Crippen LogP contribution in [0.15, 0.2) is 48.5 Å². The number of fused-ring (bicyclic) bond motifs is 1. The second-order valence-electron chi connectivity index (χ2n) is 12.0. The minimum absolute atomic E-state index is 0.0547. The van der Waals surface area contributed by atoms with E-state index in [0.29, 0.717) is 28.0 Å². The van der Waals surface area contributed by atoms with Gasteiger partial charge in [0.05, 0.1) is 11.2 Å². The minimum Gasteiger partial charge on any atom is -0.543 e. The first-order chi connectivity index (χ1) is 16.1. The second-order valence-corrected chi connectivity index (χ2v) is 16.7. The van der Waals surface area contributed by atoms with Crippen LogP contribution in [0.4, 0.5) is 10.1 Å². The predicted molar refractivity (Wildman–Crippen MR) is 147 cm³/mol. The molecule has 35 heavy (non-hydrogen) atoms. The quantitative estimate of drug-likeness (QED) is 0.317. The molecule has 186 valence electrons. The summed E-state index contributed by atoms with van der Waals surface area (Å²) in [4.78, 5) is 0. The third kappa shape index (κ3) is 4.28. The summed E-state index contributed by atoms with van der Waals surface area (Å²) in [6, 6.07) is 14.6. The van der Waals surface area contributed by atoms with Crippen LogP contribution in [-0.2, 0) is 9.31 Å². The monoisotopic (exact) mass is 493 g/mol. The Hall–Kier alpha value is -2.35. The lowest BCUT2D eigenvalue weighted by Gasteiger charge is -2.38. The Morgan fingerprint density at radius 1 is 0.886 bits per heavy atom. The lowest BCUT2D eigenvalue weighted by molar-refractivity contribution is 0.00578. The Balaban J connectivity index is 2.13. The lowest BCUT2D eigenvalue weighted by Crippen LogP contribution is -2.47. The largest absolute Gasteiger partial charge is 0.543 e. The van der Waals surface area contributed by atoms with Gasteiger partial charge in [-0.25, -0.2) is 4.39 Å². The van der Waals surface area contributed by atoms with Crippen molar-refractivity contribution in [3.63, 3.8) is 0 Å². The first-order valence-electron chi connectivity index (χ1n) is 12.2. The summed E-state index contributed by atoms with van der Waals surface area (Å²) in [6.07, 6.45) is 0. The number of hydrogen-bond donors (Lipinski definition) is 1. The molecule has 0 aliphatic carbocycles. The molecular formula is C28H37BFNO3Si. The van der Waals surface area contributed by atoms with Gasteiger partial charge in [0, 0.05) is 33.0 Å². The molecule has 1 heterocycles. The molecule has 0 saturated carbocycles. The Labute approximate surface area is 210 Å². The Morgan fingerprint density at radius 3 is 1.94 bits per heavy atom. The number of nitrogens with two attached hydrogens (primary N) is 1. The van der Waals surface area contributed by atoms with Crippen molar-refractivity contribution in [1.82, 2.24) is 0 Å². The zero-order valence-corrected chi connectivity index (χ0v) is 23.4. The van der Waals surface area contributed by atoms with Crippen molar-refractivity contribution in [2.75, 3.05) is 5.73 Å². The molecule has 4 rings (SSSR count). The fourth-order valence-corrected chi connectivity index (χ4v) is 5.15. The van der Waals surface area contributed by atoms with Gasteiger partial charge in [-0.05, 0) is 51.9 Å². The van der Waals surface area contributed by atoms with Gasteiger partial charge in [0.2, 0.25) is 8.32 Å². The summed E-state index contributed by atoms with van der Waals surface area (Å²) >= 11 is 0. The first kappa shape index (κ1) is 25.7. The molecular weight excluding hydrogens is 456 g/mol. The van der Waals surface area contributed by atoms with Gasteiger partial charge < -0.3 is 19.5 Å². The third-order valence-electron chi connectivity index (χ3n) is 8.04. The number of anilines is 1. The van der Waals surface area contributed by atoms with E-state index in [0.717, 1.165) is 10.8 Å². The molecule has 1 saturated heterocycles. The van der Waals surface area contributed by atoms with Crippen LogP contribution < -0.4 is 15.6 Å². The minimum atomic E-state index is -2.32. The Morgan fingerprint density at radius 2 is 1.40 bits per heavy atom. The van der Waals surface area contributed by atoms with Crippen molar-refractivity contribution >= 4 is 37.4 Å². The highest BCUT2D eigenvalue weighted by atomic mass is 28.4. The van der Waals surface area contributed by atoms with Gasteiger partial charge in [-0.3, -0.25) is 0 Å². The Kier molecular flexibility index (Phi) is 6.15. The molecule has 7 heteroatoms. The van der Waals surface area contributed by atoms with Crippen LogP contribution in [0, 0.1) is 5.82 Å². The zero-order chi connectivity index (χ0) is 26.0. The maximum absolute atomic E-state index is 15.3. The zero-order valence-electron chi connectivity index (χ0n) is 22.4. The Bertz CT molecular complexity index is 1270. The molecule has 0 unspecified atom stereocenters. The molecule has 0 amide bonds. The van der Waals surface area contributed by atoms with Crippen LogP contribution in [-0.4, -0.2) is 26.6 Å². The van der Waals surface area contributed by atoms with Gasteiger partial charge in [0.25, 0.3) is 0 Å². The lowest BCUT2D eigenvalue weighted by atomic mass is 9.71. The van der Waals surface area contributed by atoms with Crippen LogP contribution in [0.3, 0.4) is 0 Å². The standard InChI is InChI=1S/C28H37BFNO3Si/c1-26(2,3)35(8,9)32-25-19-15-11-10-14-18(19)24(31)22(20-16-12-13-17-21(20)30)23(25)29-33-27(4,5)28(6,7)34-29/h10-17H,31H2,1-9H3. The van der Waals surface area contributed by atoms with Gasteiger partial charge in [0.15, 0.2) is 0 Å². The fourth-order valence-electron chi connectivity index (χ4n) is 4.11. The molecule has 2 N–H and O–H groups in total. The molecule has 0 atom stereocenters. The van der Waals surface area contributed by atoms with E-state index in [-0.39, 0.29) is 10.9 Å². The van der Waals surface area contributed by atoms with Crippen molar-refractivity contribution in [2.45, 2.75) is 77.8 Å². The van der Waals surface area contributed by atoms with Crippen LogP contribution in [0.25, 0.3) is 21.9 Å². The van der Waals surface area contributed by atoms with Crippen LogP contribution >= 0.6 is 0 Å². The molecule has 0 aromatic heterocycles. The van der Waals surface area contributed by atoms with Gasteiger partial charge in [-0.2, -0.15) is 0 Å². The summed E-state index contributed by atoms with van der Waals surface area (Å²) in [5, 5.41) is 1.64. The molecule has 0 spiro atoms. The van der Waals surface area contributed by atoms with Crippen molar-refractivity contribution < 1.29 is 18.1 Å². The van der Waals surface area contributed by atoms with E-state index >= 15 is 4.39 Å². The van der Waals surface area contributed by atoms with E-state index in [1.165, 1.54) is 6.07 Å². The highest BCUT2D eigenvalue weighted by molar-refractivity contribution is 6.75. The highest BCUT2D eigenvalue weighted by Gasteiger charge is 2.54. The van der Waals surface area contributed by atoms with E-state index in [4.69, 9.17) is 19.5 Å². The number of benzene rings is 3. The average Bonchev–Trinajstić information content (AvgIpc) is 2.96. The maximum atomic E-state index is 15.3. The number of nitrogen functional groups attached to an aromatic ring is 1. The maximum Gasteiger partial charge on any atom is 0.499 e. The van der Waals surface area contributed by atoms with Crippen molar-refractivity contribution in [1.29, 1.82) is 0 Å². The van der Waals surface area contributed by atoms with E-state index in [1.54, 1.807) is 12.1 Å². The van der Waals surface area contributed by atoms with E-state index in [2.05, 4.69) is 33.9 Å². The van der Waals surface area contributed by atoms with Crippen LogP contribution in [0.2, 0.25) is 18.1 Å². The van der Waals surface area contributed by atoms with E-state index < -0.39 is 26.6 Å². The van der Waals surface area contributed by atoms with Crippen molar-refractivity contribution in [3.05, 3.63) is 54.3 Å². The highest BCUT2D eigenvalue weighted by Crippen LogP contribution is 2.45. The first-order valence-corrected chi connectivity index (χ1v) is 15.1. The van der Waals surface area contributed by atoms with Gasteiger partial charge in [-0.1, -0.05) is 63.2 Å². The van der Waals surface area contributed by atoms with Gasteiger partial charge in [-0.15, -0.1) is 0 Å². The number of rotatable bonds is 4.